The van der Waals surface area contributed by atoms with Gasteiger partial charge < -0.3 is 20.1 Å². The quantitative estimate of drug-likeness (QED) is 0.677. The first kappa shape index (κ1) is 22.3. The molecule has 170 valence electrons. The third-order valence-electron chi connectivity index (χ3n) is 5.97. The Labute approximate surface area is 188 Å². The maximum Gasteiger partial charge on any atom is 0.248 e. The average molecular weight is 439 g/mol. The molecule has 2 aromatic rings. The number of para-hydroxylation sites is 2. The van der Waals surface area contributed by atoms with E-state index in [1.165, 1.54) is 0 Å². The Morgan fingerprint density at radius 2 is 1.78 bits per heavy atom. The topological polar surface area (TPSA) is 97.1 Å². The molecule has 4 rings (SSSR count). The number of amides is 2. The summed E-state index contributed by atoms with van der Waals surface area (Å²) in [6.45, 7) is 5.96. The Morgan fingerprint density at radius 3 is 2.50 bits per heavy atom. The maximum absolute atomic E-state index is 13.9. The minimum absolute atomic E-state index is 0.148. The number of nitrogens with one attached hydrogen (secondary N) is 1. The lowest BCUT2D eigenvalue weighted by Crippen LogP contribution is -2.56. The summed E-state index contributed by atoms with van der Waals surface area (Å²) in [6.07, 6.45) is -0.611. The molecule has 2 aromatic carbocycles. The Hall–Kier alpha value is -2.94. The molecular weight excluding hydrogens is 408 g/mol. The van der Waals surface area contributed by atoms with Gasteiger partial charge in [0, 0.05) is 26.2 Å². The minimum Gasteiger partial charge on any atom is -0.481 e. The highest BCUT2D eigenvalue weighted by Gasteiger charge is 2.40. The fourth-order valence-electron chi connectivity index (χ4n) is 4.11. The van der Waals surface area contributed by atoms with Crippen LogP contribution in [0.1, 0.15) is 18.6 Å². The van der Waals surface area contributed by atoms with Crippen LogP contribution >= 0.6 is 0 Å². The van der Waals surface area contributed by atoms with E-state index in [0.717, 1.165) is 30.9 Å². The molecule has 2 aliphatic heterocycles. The summed E-state index contributed by atoms with van der Waals surface area (Å²) in [5, 5.41) is 3.14. The number of primary amides is 1. The molecule has 2 amide bonds. The van der Waals surface area contributed by atoms with Crippen molar-refractivity contribution in [1.82, 2.24) is 10.2 Å². The summed E-state index contributed by atoms with van der Waals surface area (Å²) < 4.78 is 11.9. The van der Waals surface area contributed by atoms with Gasteiger partial charge in [-0.25, -0.2) is 0 Å². The predicted molar refractivity (Wildman–Crippen MR) is 121 cm³/mol. The summed E-state index contributed by atoms with van der Waals surface area (Å²) in [6, 6.07) is 15.7. The molecule has 1 fully saturated rings. The van der Waals surface area contributed by atoms with Crippen LogP contribution in [0.3, 0.4) is 0 Å². The van der Waals surface area contributed by atoms with E-state index >= 15 is 0 Å². The van der Waals surface area contributed by atoms with E-state index in [-0.39, 0.29) is 5.91 Å². The van der Waals surface area contributed by atoms with Crippen LogP contribution in [0, 0.1) is 0 Å². The minimum atomic E-state index is -0.781. The summed E-state index contributed by atoms with van der Waals surface area (Å²) >= 11 is 0. The van der Waals surface area contributed by atoms with E-state index in [4.69, 9.17) is 15.2 Å². The number of hydrogen-bond donors (Lipinski definition) is 2. The van der Waals surface area contributed by atoms with Gasteiger partial charge in [-0.1, -0.05) is 42.5 Å². The Balaban J connectivity index is 1.68. The van der Waals surface area contributed by atoms with Crippen molar-refractivity contribution in [2.24, 2.45) is 5.73 Å². The number of nitrogens with zero attached hydrogens (tertiary/aromatic N) is 2. The van der Waals surface area contributed by atoms with E-state index in [1.807, 2.05) is 54.6 Å². The number of ether oxygens (including phenoxy) is 2. The summed E-state index contributed by atoms with van der Waals surface area (Å²) in [7, 11) is 0. The van der Waals surface area contributed by atoms with Crippen molar-refractivity contribution in [3.8, 4) is 5.75 Å². The first-order chi connectivity index (χ1) is 15.5. The van der Waals surface area contributed by atoms with Gasteiger partial charge in [0.1, 0.15) is 17.9 Å². The second kappa shape index (κ2) is 10.1. The van der Waals surface area contributed by atoms with Gasteiger partial charge in [-0.15, -0.1) is 0 Å². The molecule has 2 aliphatic rings. The number of fused-ring (bicyclic) bond motifs is 1. The number of benzene rings is 2. The lowest BCUT2D eigenvalue weighted by atomic mass is 10.00. The third-order valence-corrected chi connectivity index (χ3v) is 5.97. The second-order valence-corrected chi connectivity index (χ2v) is 8.13. The molecule has 0 aromatic heterocycles. The monoisotopic (exact) mass is 438 g/mol. The Kier molecular flexibility index (Phi) is 7.04. The molecule has 0 unspecified atom stereocenters. The first-order valence-electron chi connectivity index (χ1n) is 11.0. The highest BCUT2D eigenvalue weighted by Crippen LogP contribution is 2.37. The van der Waals surface area contributed by atoms with Gasteiger partial charge in [0.15, 0.2) is 0 Å². The van der Waals surface area contributed by atoms with Crippen LogP contribution in [-0.2, 0) is 14.3 Å². The molecular formula is C24H30N4O4. The van der Waals surface area contributed by atoms with Gasteiger partial charge in [0.05, 0.1) is 24.9 Å². The summed E-state index contributed by atoms with van der Waals surface area (Å²) in [5.74, 6) is -0.0379. The van der Waals surface area contributed by atoms with Crippen molar-refractivity contribution in [3.05, 3.63) is 60.2 Å². The fourth-order valence-corrected chi connectivity index (χ4v) is 4.11. The molecule has 0 radical (unpaired) electrons. The number of morpholine rings is 1. The normalized spacial score (nSPS) is 22.5. The van der Waals surface area contributed by atoms with Crippen LogP contribution in [0.25, 0.3) is 0 Å². The predicted octanol–water partition coefficient (Wildman–Crippen LogP) is 1.32. The van der Waals surface area contributed by atoms with Crippen LogP contribution in [0.15, 0.2) is 54.6 Å². The van der Waals surface area contributed by atoms with E-state index < -0.39 is 24.1 Å². The second-order valence-electron chi connectivity index (χ2n) is 8.13. The molecule has 0 spiro atoms. The zero-order valence-electron chi connectivity index (χ0n) is 18.3. The van der Waals surface area contributed by atoms with Crippen molar-refractivity contribution in [2.45, 2.75) is 25.1 Å². The Bertz CT molecular complexity index is 933. The summed E-state index contributed by atoms with van der Waals surface area (Å²) in [4.78, 5) is 29.8. The number of anilines is 1. The molecule has 0 saturated carbocycles. The zero-order valence-corrected chi connectivity index (χ0v) is 18.3. The van der Waals surface area contributed by atoms with E-state index in [1.54, 1.807) is 11.8 Å². The van der Waals surface area contributed by atoms with Crippen molar-refractivity contribution in [1.29, 1.82) is 0 Å². The largest absolute Gasteiger partial charge is 0.481 e. The van der Waals surface area contributed by atoms with Gasteiger partial charge in [-0.3, -0.25) is 19.8 Å². The number of rotatable bonds is 7. The van der Waals surface area contributed by atoms with Crippen molar-refractivity contribution in [3.63, 3.8) is 0 Å². The van der Waals surface area contributed by atoms with Gasteiger partial charge in [-0.05, 0) is 24.6 Å². The molecule has 0 bridgehead atoms. The lowest BCUT2D eigenvalue weighted by molar-refractivity contribution is -0.124. The van der Waals surface area contributed by atoms with E-state index in [0.29, 0.717) is 25.5 Å². The first-order valence-corrected chi connectivity index (χ1v) is 11.0. The molecule has 3 N–H and O–H groups in total. The van der Waals surface area contributed by atoms with Gasteiger partial charge in [0.2, 0.25) is 11.8 Å². The number of carbonyl (C=O) groups excluding carboxylic acids is 2. The van der Waals surface area contributed by atoms with Crippen LogP contribution < -0.4 is 20.7 Å². The van der Waals surface area contributed by atoms with Crippen molar-refractivity contribution < 1.29 is 19.1 Å². The van der Waals surface area contributed by atoms with Gasteiger partial charge >= 0.3 is 0 Å². The zero-order chi connectivity index (χ0) is 22.5. The van der Waals surface area contributed by atoms with Crippen LogP contribution in [0.4, 0.5) is 5.69 Å². The van der Waals surface area contributed by atoms with Crippen LogP contribution in [0.5, 0.6) is 5.75 Å². The molecule has 0 aliphatic carbocycles. The van der Waals surface area contributed by atoms with Crippen LogP contribution in [-0.4, -0.2) is 68.2 Å². The molecule has 1 saturated heterocycles. The Morgan fingerprint density at radius 1 is 1.09 bits per heavy atom. The molecule has 3 atom stereocenters. The smallest absolute Gasteiger partial charge is 0.248 e. The highest BCUT2D eigenvalue weighted by molar-refractivity contribution is 6.00. The van der Waals surface area contributed by atoms with E-state index in [9.17, 15) is 9.59 Å². The molecule has 8 heteroatoms. The number of nitrogens with two attached hydrogens (primary N) is 1. The van der Waals surface area contributed by atoms with Crippen molar-refractivity contribution >= 4 is 17.5 Å². The average Bonchev–Trinajstić information content (AvgIpc) is 2.93. The fraction of sp³-hybridized carbons (Fsp3) is 0.417. The van der Waals surface area contributed by atoms with E-state index in [2.05, 4.69) is 10.2 Å². The maximum atomic E-state index is 13.9. The van der Waals surface area contributed by atoms with Gasteiger partial charge in [0.25, 0.3) is 0 Å². The summed E-state index contributed by atoms with van der Waals surface area (Å²) in [5.41, 5.74) is 7.08. The SMILES string of the molecule is C[C@H](N[C@H]1C(=O)N(CCN2CCOCC2)c2ccccc2O[C@H]1c1ccccc1)C(N)=O. The van der Waals surface area contributed by atoms with Gasteiger partial charge in [-0.2, -0.15) is 0 Å². The molecule has 2 heterocycles. The van der Waals surface area contributed by atoms with Crippen molar-refractivity contribution in [2.75, 3.05) is 44.3 Å². The standard InChI is InChI=1S/C24H30N4O4/c1-17(23(25)29)26-21-22(18-7-3-2-4-8-18)32-20-10-6-5-9-19(20)28(24(21)30)12-11-27-13-15-31-16-14-27/h2-10,17,21-22,26H,11-16H2,1H3,(H2,25,29)/t17-,21+,22-/m0/s1. The molecule has 32 heavy (non-hydrogen) atoms. The van der Waals surface area contributed by atoms with Crippen LogP contribution in [0.2, 0.25) is 0 Å². The molecule has 8 nitrogen and oxygen atoms in total. The highest BCUT2D eigenvalue weighted by atomic mass is 16.5. The third kappa shape index (κ3) is 4.93. The number of carbonyl (C=O) groups is 2. The lowest BCUT2D eigenvalue weighted by Gasteiger charge is -2.32. The number of hydrogen-bond acceptors (Lipinski definition) is 6.